The molecule has 1 atom stereocenters. The van der Waals surface area contributed by atoms with Crippen LogP contribution in [0.3, 0.4) is 0 Å². The molecule has 29 heavy (non-hydrogen) atoms. The molecule has 2 aliphatic heterocycles. The molecule has 0 bridgehead atoms. The van der Waals surface area contributed by atoms with Crippen LogP contribution in [0.25, 0.3) is 0 Å². The molecular weight excluding hydrogens is 362 g/mol. The van der Waals surface area contributed by atoms with Crippen LogP contribution in [0, 0.1) is 0 Å². The lowest BCUT2D eigenvalue weighted by atomic mass is 9.73. The van der Waals surface area contributed by atoms with Gasteiger partial charge < -0.3 is 15.1 Å². The number of carbonyl (C=O) groups is 2. The molecule has 0 unspecified atom stereocenters. The van der Waals surface area contributed by atoms with Gasteiger partial charge in [-0.05, 0) is 43.5 Å². The summed E-state index contributed by atoms with van der Waals surface area (Å²) in [4.78, 5) is 30.6. The summed E-state index contributed by atoms with van der Waals surface area (Å²) in [6.07, 6.45) is 2.66. The molecule has 5 nitrogen and oxygen atoms in total. The third kappa shape index (κ3) is 3.55. The predicted octanol–water partition coefficient (Wildman–Crippen LogP) is 2.74. The monoisotopic (exact) mass is 391 g/mol. The van der Waals surface area contributed by atoms with Crippen LogP contribution in [-0.2, 0) is 21.4 Å². The van der Waals surface area contributed by atoms with Gasteiger partial charge in [0.1, 0.15) is 0 Å². The van der Waals surface area contributed by atoms with E-state index < -0.39 is 5.41 Å². The molecule has 5 heteroatoms. The third-order valence-corrected chi connectivity index (χ3v) is 6.55. The van der Waals surface area contributed by atoms with E-state index in [2.05, 4.69) is 5.32 Å². The van der Waals surface area contributed by atoms with Crippen molar-refractivity contribution in [1.29, 1.82) is 0 Å². The molecule has 4 rings (SSSR count). The van der Waals surface area contributed by atoms with Crippen LogP contribution >= 0.6 is 0 Å². The number of hydrogen-bond donors (Lipinski definition) is 1. The van der Waals surface area contributed by atoms with Gasteiger partial charge in [-0.1, -0.05) is 48.5 Å². The first-order chi connectivity index (χ1) is 14.0. The van der Waals surface area contributed by atoms with E-state index in [0.717, 1.165) is 42.7 Å². The Labute approximate surface area is 172 Å². The van der Waals surface area contributed by atoms with E-state index in [4.69, 9.17) is 0 Å². The number of rotatable bonds is 5. The number of piperidine rings is 1. The Bertz CT molecular complexity index is 890. The fourth-order valence-electron chi connectivity index (χ4n) is 4.85. The zero-order valence-electron chi connectivity index (χ0n) is 17.2. The van der Waals surface area contributed by atoms with Crippen molar-refractivity contribution in [3.8, 4) is 0 Å². The van der Waals surface area contributed by atoms with Gasteiger partial charge >= 0.3 is 0 Å². The smallest absolute Gasteiger partial charge is 0.238 e. The summed E-state index contributed by atoms with van der Waals surface area (Å²) in [6, 6.07) is 18.4. The number of benzene rings is 2. The van der Waals surface area contributed by atoms with E-state index in [1.54, 1.807) is 4.90 Å². The van der Waals surface area contributed by atoms with E-state index in [-0.39, 0.29) is 18.2 Å². The molecular formula is C24H29N3O2. The molecule has 2 aromatic rings. The quantitative estimate of drug-likeness (QED) is 0.853. The maximum Gasteiger partial charge on any atom is 0.238 e. The topological polar surface area (TPSA) is 52.7 Å². The summed E-state index contributed by atoms with van der Waals surface area (Å²) in [5, 5.41) is 3.30. The van der Waals surface area contributed by atoms with Gasteiger partial charge in [0.05, 0.1) is 5.41 Å². The zero-order chi connectivity index (χ0) is 20.4. The summed E-state index contributed by atoms with van der Waals surface area (Å²) in [7, 11) is 3.79. The summed E-state index contributed by atoms with van der Waals surface area (Å²) >= 11 is 0. The normalized spacial score (nSPS) is 22.1. The minimum Gasteiger partial charge on any atom is -0.343 e. The van der Waals surface area contributed by atoms with Crippen molar-refractivity contribution in [3.05, 3.63) is 65.7 Å². The number of hydrogen-bond acceptors (Lipinski definition) is 3. The van der Waals surface area contributed by atoms with Gasteiger partial charge in [0.15, 0.2) is 0 Å². The van der Waals surface area contributed by atoms with E-state index in [9.17, 15) is 9.59 Å². The summed E-state index contributed by atoms with van der Waals surface area (Å²) in [6.45, 7) is 1.49. The van der Waals surface area contributed by atoms with Crippen molar-refractivity contribution in [1.82, 2.24) is 10.2 Å². The molecule has 2 aliphatic rings. The summed E-state index contributed by atoms with van der Waals surface area (Å²) < 4.78 is 0. The number of likely N-dealkylation sites (tertiary alicyclic amines) is 1. The fraction of sp³-hybridized carbons (Fsp3) is 0.417. The summed E-state index contributed by atoms with van der Waals surface area (Å²) in [5.41, 5.74) is 2.11. The maximum atomic E-state index is 13.6. The Hall–Kier alpha value is -2.66. The lowest BCUT2D eigenvalue weighted by Gasteiger charge is -2.35. The van der Waals surface area contributed by atoms with E-state index in [1.165, 1.54) is 0 Å². The second-order valence-electron chi connectivity index (χ2n) is 8.25. The molecule has 2 heterocycles. The van der Waals surface area contributed by atoms with Crippen LogP contribution in [0.1, 0.15) is 30.4 Å². The van der Waals surface area contributed by atoms with E-state index in [0.29, 0.717) is 12.5 Å². The Balaban J connectivity index is 1.67. The Morgan fingerprint density at radius 2 is 1.72 bits per heavy atom. The number of carbonyl (C=O) groups excluding carboxylic acids is 2. The van der Waals surface area contributed by atoms with Gasteiger partial charge in [-0.25, -0.2) is 0 Å². The lowest BCUT2D eigenvalue weighted by Crippen LogP contribution is -2.48. The van der Waals surface area contributed by atoms with Crippen molar-refractivity contribution in [2.24, 2.45) is 0 Å². The highest BCUT2D eigenvalue weighted by atomic mass is 16.2. The van der Waals surface area contributed by atoms with Gasteiger partial charge in [-0.15, -0.1) is 0 Å². The van der Waals surface area contributed by atoms with E-state index in [1.807, 2.05) is 73.6 Å². The number of nitrogens with zero attached hydrogens (tertiary/aromatic N) is 2. The largest absolute Gasteiger partial charge is 0.343 e. The molecule has 0 radical (unpaired) electrons. The predicted molar refractivity (Wildman–Crippen MR) is 115 cm³/mol. The Kier molecular flexibility index (Phi) is 5.41. The number of para-hydroxylation sites is 1. The molecule has 152 valence electrons. The molecule has 0 aliphatic carbocycles. The van der Waals surface area contributed by atoms with Crippen molar-refractivity contribution in [2.45, 2.75) is 37.1 Å². The Morgan fingerprint density at radius 3 is 2.41 bits per heavy atom. The minimum atomic E-state index is -0.844. The van der Waals surface area contributed by atoms with Crippen molar-refractivity contribution >= 4 is 17.5 Å². The minimum absolute atomic E-state index is 0.0148. The van der Waals surface area contributed by atoms with Crippen molar-refractivity contribution in [2.75, 3.05) is 32.1 Å². The van der Waals surface area contributed by atoms with E-state index >= 15 is 0 Å². The van der Waals surface area contributed by atoms with Crippen LogP contribution in [0.2, 0.25) is 0 Å². The van der Waals surface area contributed by atoms with Crippen LogP contribution < -0.4 is 10.2 Å². The highest BCUT2D eigenvalue weighted by molar-refractivity contribution is 6.09. The highest BCUT2D eigenvalue weighted by Crippen LogP contribution is 2.45. The number of anilines is 1. The molecule has 2 aromatic carbocycles. The average molecular weight is 392 g/mol. The first kappa shape index (κ1) is 19.6. The van der Waals surface area contributed by atoms with Crippen LogP contribution in [0.5, 0.6) is 0 Å². The molecule has 0 aromatic heterocycles. The van der Waals surface area contributed by atoms with Gasteiger partial charge in [0.25, 0.3) is 0 Å². The number of amides is 2. The molecule has 1 N–H and O–H groups in total. The lowest BCUT2D eigenvalue weighted by molar-refractivity contribution is -0.137. The van der Waals surface area contributed by atoms with Crippen molar-refractivity contribution < 1.29 is 9.59 Å². The third-order valence-electron chi connectivity index (χ3n) is 6.55. The van der Waals surface area contributed by atoms with Gasteiger partial charge in [-0.3, -0.25) is 9.59 Å². The fourth-order valence-corrected chi connectivity index (χ4v) is 4.85. The number of nitrogens with one attached hydrogen (secondary N) is 1. The van der Waals surface area contributed by atoms with Gasteiger partial charge in [0.2, 0.25) is 11.8 Å². The molecule has 0 saturated carbocycles. The first-order valence-electron chi connectivity index (χ1n) is 10.4. The van der Waals surface area contributed by atoms with Crippen LogP contribution in [0.4, 0.5) is 5.69 Å². The number of likely N-dealkylation sites (N-methyl/N-ethyl adjacent to an activating group) is 1. The van der Waals surface area contributed by atoms with Crippen molar-refractivity contribution in [3.63, 3.8) is 0 Å². The SMILES string of the molecule is CNC1CCN(C(=O)C[C@@]2(Cc3ccccc3)C(=O)N(C)c3ccccc32)CC1. The molecule has 1 saturated heterocycles. The molecule has 2 amide bonds. The van der Waals surface area contributed by atoms with Gasteiger partial charge in [-0.2, -0.15) is 0 Å². The highest BCUT2D eigenvalue weighted by Gasteiger charge is 2.51. The van der Waals surface area contributed by atoms with Gasteiger partial charge in [0, 0.05) is 38.3 Å². The summed E-state index contributed by atoms with van der Waals surface area (Å²) in [5.74, 6) is 0.0925. The second-order valence-corrected chi connectivity index (χ2v) is 8.25. The standard InChI is InChI=1S/C24H29N3O2/c1-25-19-12-14-27(15-13-19)22(28)17-24(16-18-8-4-3-5-9-18)20-10-6-7-11-21(20)26(2)23(24)29/h3-11,19,25H,12-17H2,1-2H3/t24-/m1/s1. The molecule has 0 spiro atoms. The number of fused-ring (bicyclic) bond motifs is 1. The first-order valence-corrected chi connectivity index (χ1v) is 10.4. The second kappa shape index (κ2) is 7.99. The van der Waals surface area contributed by atoms with Crippen LogP contribution in [-0.4, -0.2) is 49.9 Å². The maximum absolute atomic E-state index is 13.6. The van der Waals surface area contributed by atoms with Crippen LogP contribution in [0.15, 0.2) is 54.6 Å². The molecule has 1 fully saturated rings. The average Bonchev–Trinajstić information content (AvgIpc) is 2.97. The zero-order valence-corrected chi connectivity index (χ0v) is 17.2. The Morgan fingerprint density at radius 1 is 1.07 bits per heavy atom.